The second-order valence-electron chi connectivity index (χ2n) is 9.01. The molecule has 5 rings (SSSR count). The summed E-state index contributed by atoms with van der Waals surface area (Å²) in [5.41, 5.74) is 7.53. The number of nitrogens with zero attached hydrogens (tertiary/aromatic N) is 3. The molecular weight excluding hydrogens is 472 g/mol. The Kier molecular flexibility index (Phi) is 6.37. The Bertz CT molecular complexity index is 1460. The molecule has 1 N–H and O–H groups in total. The molecule has 1 aromatic heterocycles. The second-order valence-corrected chi connectivity index (χ2v) is 9.45. The van der Waals surface area contributed by atoms with Gasteiger partial charge in [0.15, 0.2) is 0 Å². The molecule has 0 bridgehead atoms. The maximum atomic E-state index is 13.4. The average molecular weight is 499 g/mol. The zero-order valence-electron chi connectivity index (χ0n) is 20.7. The highest BCUT2D eigenvalue weighted by Gasteiger charge is 2.36. The second kappa shape index (κ2) is 9.63. The molecule has 7 heteroatoms. The molecule has 2 heterocycles. The summed E-state index contributed by atoms with van der Waals surface area (Å²) >= 11 is 6.09. The van der Waals surface area contributed by atoms with Crippen LogP contribution >= 0.6 is 11.6 Å². The van der Waals surface area contributed by atoms with Gasteiger partial charge >= 0.3 is 6.03 Å². The van der Waals surface area contributed by atoms with Gasteiger partial charge in [0.25, 0.3) is 5.89 Å². The number of nitrogens with one attached hydrogen (secondary N) is 1. The summed E-state index contributed by atoms with van der Waals surface area (Å²) in [5, 5.41) is 8.02. The van der Waals surface area contributed by atoms with Crippen molar-refractivity contribution in [3.63, 3.8) is 0 Å². The lowest BCUT2D eigenvalue weighted by atomic mass is 9.92. The van der Waals surface area contributed by atoms with Gasteiger partial charge in [-0.2, -0.15) is 4.98 Å². The number of aromatic nitrogens is 2. The van der Waals surface area contributed by atoms with Gasteiger partial charge in [-0.15, -0.1) is 0 Å². The first kappa shape index (κ1) is 23.8. The summed E-state index contributed by atoms with van der Waals surface area (Å²) in [6.45, 7) is 8.14. The van der Waals surface area contributed by atoms with Crippen LogP contribution in [-0.2, 0) is 6.42 Å². The Hall–Kier alpha value is -3.90. The van der Waals surface area contributed by atoms with Crippen LogP contribution in [0.3, 0.4) is 0 Å². The number of amides is 2. The van der Waals surface area contributed by atoms with Crippen LogP contribution in [0.2, 0.25) is 5.02 Å². The van der Waals surface area contributed by atoms with Crippen LogP contribution in [0.5, 0.6) is 0 Å². The van der Waals surface area contributed by atoms with Crippen LogP contribution in [0, 0.1) is 13.8 Å². The number of carbonyl (C=O) groups excluding carboxylic acids is 1. The van der Waals surface area contributed by atoms with Gasteiger partial charge in [0.05, 0.1) is 17.3 Å². The van der Waals surface area contributed by atoms with Crippen molar-refractivity contribution in [2.75, 3.05) is 4.90 Å². The van der Waals surface area contributed by atoms with Crippen LogP contribution in [-0.4, -0.2) is 16.2 Å². The number of hydrogen-bond acceptors (Lipinski definition) is 4. The van der Waals surface area contributed by atoms with Crippen molar-refractivity contribution in [3.8, 4) is 11.4 Å². The van der Waals surface area contributed by atoms with Gasteiger partial charge in [-0.3, -0.25) is 4.90 Å². The zero-order valence-corrected chi connectivity index (χ0v) is 21.4. The third-order valence-electron chi connectivity index (χ3n) is 6.71. The number of carbonyl (C=O) groups is 1. The summed E-state index contributed by atoms with van der Waals surface area (Å²) < 4.78 is 5.81. The molecule has 182 valence electrons. The molecule has 6 nitrogen and oxygen atoms in total. The van der Waals surface area contributed by atoms with E-state index in [1.807, 2.05) is 37.3 Å². The van der Waals surface area contributed by atoms with Crippen molar-refractivity contribution in [1.29, 1.82) is 0 Å². The first-order chi connectivity index (χ1) is 17.4. The Labute approximate surface area is 215 Å². The Morgan fingerprint density at radius 2 is 1.69 bits per heavy atom. The maximum absolute atomic E-state index is 13.4. The van der Waals surface area contributed by atoms with E-state index in [1.54, 1.807) is 17.0 Å². The van der Waals surface area contributed by atoms with Gasteiger partial charge in [0, 0.05) is 16.3 Å². The molecular formula is C29H27ClN4O2. The van der Waals surface area contributed by atoms with Gasteiger partial charge in [0.1, 0.15) is 0 Å². The summed E-state index contributed by atoms with van der Waals surface area (Å²) in [4.78, 5) is 19.7. The number of aryl methyl sites for hydroxylation is 3. The van der Waals surface area contributed by atoms with Crippen molar-refractivity contribution < 1.29 is 9.32 Å². The smallest absolute Gasteiger partial charge is 0.326 e. The van der Waals surface area contributed by atoms with Crippen LogP contribution in [0.4, 0.5) is 10.5 Å². The molecule has 4 aromatic rings. The van der Waals surface area contributed by atoms with E-state index < -0.39 is 6.04 Å². The molecule has 0 fully saturated rings. The van der Waals surface area contributed by atoms with E-state index in [-0.39, 0.29) is 6.03 Å². The van der Waals surface area contributed by atoms with Crippen molar-refractivity contribution in [2.45, 2.75) is 40.2 Å². The van der Waals surface area contributed by atoms with Crippen molar-refractivity contribution in [1.82, 2.24) is 15.5 Å². The van der Waals surface area contributed by atoms with E-state index >= 15 is 0 Å². The van der Waals surface area contributed by atoms with Crippen LogP contribution in [0.15, 0.2) is 77.0 Å². The fourth-order valence-corrected chi connectivity index (χ4v) is 4.58. The maximum Gasteiger partial charge on any atom is 0.326 e. The number of hydrogen-bond donors (Lipinski definition) is 1. The SMILES string of the molecule is CCc1ccc(-c2noc(C3=C(C)N(c4ccc(Cl)cc4)C(=O)NC3c3ccc(C)c(C)c3)n2)cc1. The summed E-state index contributed by atoms with van der Waals surface area (Å²) in [5.74, 6) is 0.867. The lowest BCUT2D eigenvalue weighted by Crippen LogP contribution is -2.46. The number of urea groups is 1. The molecule has 1 aliphatic rings. The average Bonchev–Trinajstić information content (AvgIpc) is 3.36. The Morgan fingerprint density at radius 1 is 0.972 bits per heavy atom. The minimum atomic E-state index is -0.448. The van der Waals surface area contributed by atoms with E-state index in [2.05, 4.69) is 55.5 Å². The predicted octanol–water partition coefficient (Wildman–Crippen LogP) is 7.27. The van der Waals surface area contributed by atoms with E-state index in [9.17, 15) is 4.79 Å². The van der Waals surface area contributed by atoms with Crippen molar-refractivity contribution in [3.05, 3.63) is 106 Å². The third-order valence-corrected chi connectivity index (χ3v) is 6.96. The number of anilines is 1. The molecule has 1 unspecified atom stereocenters. The minimum Gasteiger partial charge on any atom is -0.334 e. The van der Waals surface area contributed by atoms with E-state index in [1.165, 1.54) is 11.1 Å². The molecule has 0 saturated heterocycles. The number of benzene rings is 3. The molecule has 0 radical (unpaired) electrons. The molecule has 1 atom stereocenters. The molecule has 0 saturated carbocycles. The molecule has 0 aliphatic carbocycles. The minimum absolute atomic E-state index is 0.239. The third kappa shape index (κ3) is 4.40. The number of rotatable bonds is 5. The fraction of sp³-hybridized carbons (Fsp3) is 0.207. The number of halogens is 1. The molecule has 2 amide bonds. The molecule has 3 aromatic carbocycles. The predicted molar refractivity (Wildman–Crippen MR) is 143 cm³/mol. The van der Waals surface area contributed by atoms with Crippen molar-refractivity contribution >= 4 is 28.9 Å². The van der Waals surface area contributed by atoms with E-state index in [4.69, 9.17) is 21.1 Å². The Morgan fingerprint density at radius 3 is 2.36 bits per heavy atom. The fourth-order valence-electron chi connectivity index (χ4n) is 4.45. The summed E-state index contributed by atoms with van der Waals surface area (Å²) in [6, 6.07) is 20.8. The quantitative estimate of drug-likeness (QED) is 0.314. The normalized spacial score (nSPS) is 15.9. The topological polar surface area (TPSA) is 71.3 Å². The summed E-state index contributed by atoms with van der Waals surface area (Å²) in [7, 11) is 0. The molecule has 36 heavy (non-hydrogen) atoms. The van der Waals surface area contributed by atoms with Gasteiger partial charge in [0.2, 0.25) is 5.82 Å². The van der Waals surface area contributed by atoms with Gasteiger partial charge in [-0.25, -0.2) is 4.79 Å². The van der Waals surface area contributed by atoms with Crippen LogP contribution in [0.1, 0.15) is 48.0 Å². The number of allylic oxidation sites excluding steroid dienone is 1. The van der Waals surface area contributed by atoms with Crippen LogP contribution in [0.25, 0.3) is 17.0 Å². The van der Waals surface area contributed by atoms with Crippen molar-refractivity contribution in [2.24, 2.45) is 0 Å². The molecule has 1 aliphatic heterocycles. The monoisotopic (exact) mass is 498 g/mol. The van der Waals surface area contributed by atoms with Gasteiger partial charge < -0.3 is 9.84 Å². The largest absolute Gasteiger partial charge is 0.334 e. The summed E-state index contributed by atoms with van der Waals surface area (Å²) in [6.07, 6.45) is 0.960. The highest BCUT2D eigenvalue weighted by Crippen LogP contribution is 2.39. The lowest BCUT2D eigenvalue weighted by molar-refractivity contribution is 0.244. The molecule has 0 spiro atoms. The van der Waals surface area contributed by atoms with Gasteiger partial charge in [-0.05, 0) is 73.7 Å². The van der Waals surface area contributed by atoms with E-state index in [0.717, 1.165) is 28.7 Å². The highest BCUT2D eigenvalue weighted by molar-refractivity contribution is 6.30. The zero-order chi connectivity index (χ0) is 25.4. The first-order valence-electron chi connectivity index (χ1n) is 11.9. The van der Waals surface area contributed by atoms with E-state index in [0.29, 0.717) is 28.1 Å². The van der Waals surface area contributed by atoms with Gasteiger partial charge in [-0.1, -0.05) is 66.1 Å². The lowest BCUT2D eigenvalue weighted by Gasteiger charge is -2.35. The van der Waals surface area contributed by atoms with Crippen LogP contribution < -0.4 is 10.2 Å². The standard InChI is InChI=1S/C29H27ClN4O2/c1-5-20-7-10-21(11-8-20)27-32-28(36-33-27)25-19(4)34(24-14-12-23(30)13-15-24)29(35)31-26(25)22-9-6-17(2)18(3)16-22/h6-16,26H,5H2,1-4H3,(H,31,35). The highest BCUT2D eigenvalue weighted by atomic mass is 35.5. The Balaban J connectivity index is 1.64. The first-order valence-corrected chi connectivity index (χ1v) is 12.3.